The Kier molecular flexibility index (Phi) is 11.8. The molecular weight excluding hydrogens is 304 g/mol. The molecule has 0 saturated heterocycles. The van der Waals surface area contributed by atoms with E-state index in [4.69, 9.17) is 24.1 Å². The lowest BCUT2D eigenvalue weighted by Crippen LogP contribution is -2.14. The molecule has 0 atom stereocenters. The molecule has 0 aliphatic rings. The molecule has 7 nitrogen and oxygen atoms in total. The zero-order valence-corrected chi connectivity index (χ0v) is 13.1. The summed E-state index contributed by atoms with van der Waals surface area (Å²) in [7, 11) is 0. The van der Waals surface area contributed by atoms with Crippen LogP contribution in [0.2, 0.25) is 0 Å². The maximum Gasteiger partial charge on any atom is 0.505 e. The Morgan fingerprint density at radius 2 is 1.22 bits per heavy atom. The molecule has 0 fully saturated rings. The van der Waals surface area contributed by atoms with Crippen LogP contribution >= 0.6 is 0 Å². The first-order chi connectivity index (χ1) is 11.3. The van der Waals surface area contributed by atoms with Crippen LogP contribution in [0.3, 0.4) is 0 Å². The van der Waals surface area contributed by atoms with Crippen molar-refractivity contribution >= 4 is 6.16 Å². The molecule has 0 aromatic heterocycles. The molecule has 1 rings (SSSR count). The predicted molar refractivity (Wildman–Crippen MR) is 82.5 cm³/mol. The van der Waals surface area contributed by atoms with Gasteiger partial charge in [0.05, 0.1) is 52.9 Å². The highest BCUT2D eigenvalue weighted by atomic mass is 16.7. The maximum absolute atomic E-state index is 10.0. The summed E-state index contributed by atoms with van der Waals surface area (Å²) < 4.78 is 25.5. The molecule has 0 radical (unpaired) electrons. The predicted octanol–water partition coefficient (Wildman–Crippen LogP) is 1.95. The monoisotopic (exact) mass is 328 g/mol. The lowest BCUT2D eigenvalue weighted by Gasteiger charge is -2.07. The van der Waals surface area contributed by atoms with Crippen molar-refractivity contribution in [3.8, 4) is 0 Å². The third kappa shape index (κ3) is 12.5. The van der Waals surface area contributed by atoms with Crippen LogP contribution < -0.4 is 0 Å². The smallest absolute Gasteiger partial charge is 0.450 e. The van der Waals surface area contributed by atoms with Crippen molar-refractivity contribution in [2.45, 2.75) is 6.61 Å². The fourth-order valence-corrected chi connectivity index (χ4v) is 1.61. The van der Waals surface area contributed by atoms with E-state index >= 15 is 0 Å². The van der Waals surface area contributed by atoms with Gasteiger partial charge in [-0.2, -0.15) is 0 Å². The van der Waals surface area contributed by atoms with Crippen LogP contribution in [0.5, 0.6) is 0 Å². The minimum Gasteiger partial charge on any atom is -0.450 e. The number of carboxylic acid groups (broad SMARTS) is 1. The third-order valence-electron chi connectivity index (χ3n) is 2.68. The van der Waals surface area contributed by atoms with Crippen molar-refractivity contribution in [2.24, 2.45) is 0 Å². The van der Waals surface area contributed by atoms with Gasteiger partial charge in [0, 0.05) is 0 Å². The van der Waals surface area contributed by atoms with Crippen molar-refractivity contribution in [3.63, 3.8) is 0 Å². The second-order valence-corrected chi connectivity index (χ2v) is 4.49. The van der Waals surface area contributed by atoms with Gasteiger partial charge in [0.15, 0.2) is 0 Å². The molecule has 1 N–H and O–H groups in total. The molecule has 0 amide bonds. The zero-order chi connectivity index (χ0) is 16.6. The van der Waals surface area contributed by atoms with Crippen molar-refractivity contribution in [3.05, 3.63) is 35.9 Å². The van der Waals surface area contributed by atoms with Gasteiger partial charge in [-0.05, 0) is 5.56 Å². The zero-order valence-electron chi connectivity index (χ0n) is 13.1. The van der Waals surface area contributed by atoms with E-state index < -0.39 is 6.16 Å². The number of carbonyl (C=O) groups is 1. The van der Waals surface area contributed by atoms with E-state index in [2.05, 4.69) is 4.74 Å². The fourth-order valence-electron chi connectivity index (χ4n) is 1.61. The van der Waals surface area contributed by atoms with Gasteiger partial charge in [0.1, 0.15) is 6.61 Å². The van der Waals surface area contributed by atoms with Gasteiger partial charge < -0.3 is 28.8 Å². The molecule has 0 unspecified atom stereocenters. The van der Waals surface area contributed by atoms with Crippen LogP contribution in [0.15, 0.2) is 30.3 Å². The average Bonchev–Trinajstić information content (AvgIpc) is 2.56. The highest BCUT2D eigenvalue weighted by Gasteiger charge is 1.96. The standard InChI is InChI=1S/C16H24O7/c17-16(18)23-13-12-21-9-8-19-6-7-20-10-11-22-14-15-4-2-1-3-5-15/h1-5H,6-14H2,(H,17,18). The Balaban J connectivity index is 1.74. The van der Waals surface area contributed by atoms with Gasteiger partial charge in [0.25, 0.3) is 0 Å². The van der Waals surface area contributed by atoms with Crippen LogP contribution in [0.1, 0.15) is 5.56 Å². The van der Waals surface area contributed by atoms with Gasteiger partial charge in [-0.3, -0.25) is 0 Å². The van der Waals surface area contributed by atoms with Crippen molar-refractivity contribution < 1.29 is 33.6 Å². The van der Waals surface area contributed by atoms with Crippen LogP contribution in [0.4, 0.5) is 4.79 Å². The van der Waals surface area contributed by atoms with Crippen LogP contribution in [0, 0.1) is 0 Å². The largest absolute Gasteiger partial charge is 0.505 e. The fraction of sp³-hybridized carbons (Fsp3) is 0.562. The molecule has 0 bridgehead atoms. The van der Waals surface area contributed by atoms with E-state index in [1.54, 1.807) is 0 Å². The van der Waals surface area contributed by atoms with E-state index in [9.17, 15) is 4.79 Å². The van der Waals surface area contributed by atoms with E-state index in [0.717, 1.165) is 5.56 Å². The molecule has 0 heterocycles. The van der Waals surface area contributed by atoms with Crippen LogP contribution in [-0.2, 0) is 30.3 Å². The van der Waals surface area contributed by atoms with Gasteiger partial charge in [-0.15, -0.1) is 0 Å². The number of hydrogen-bond acceptors (Lipinski definition) is 6. The molecule has 7 heteroatoms. The second kappa shape index (κ2) is 14.0. The normalized spacial score (nSPS) is 10.6. The number of ether oxygens (including phenoxy) is 5. The van der Waals surface area contributed by atoms with E-state index in [1.165, 1.54) is 0 Å². The van der Waals surface area contributed by atoms with Gasteiger partial charge in [-0.25, -0.2) is 4.79 Å². The lowest BCUT2D eigenvalue weighted by molar-refractivity contribution is -0.0103. The molecule has 0 saturated carbocycles. The summed E-state index contributed by atoms with van der Waals surface area (Å²) in [5.41, 5.74) is 1.14. The molecule has 130 valence electrons. The van der Waals surface area contributed by atoms with E-state index in [-0.39, 0.29) is 13.2 Å². The first-order valence-corrected chi connectivity index (χ1v) is 7.49. The number of hydrogen-bond donors (Lipinski definition) is 1. The Morgan fingerprint density at radius 1 is 0.739 bits per heavy atom. The first-order valence-electron chi connectivity index (χ1n) is 7.49. The van der Waals surface area contributed by atoms with Crippen LogP contribution in [-0.4, -0.2) is 64.1 Å². The number of benzene rings is 1. The molecule has 0 aliphatic carbocycles. The van der Waals surface area contributed by atoms with Crippen molar-refractivity contribution in [1.29, 1.82) is 0 Å². The molecule has 0 spiro atoms. The van der Waals surface area contributed by atoms with Crippen molar-refractivity contribution in [1.82, 2.24) is 0 Å². The van der Waals surface area contributed by atoms with Crippen molar-refractivity contribution in [2.75, 3.05) is 52.9 Å². The maximum atomic E-state index is 10.0. The summed E-state index contributed by atoms with van der Waals surface area (Å²) in [6.45, 7) is 3.71. The summed E-state index contributed by atoms with van der Waals surface area (Å²) >= 11 is 0. The lowest BCUT2D eigenvalue weighted by atomic mass is 10.2. The van der Waals surface area contributed by atoms with Gasteiger partial charge in [-0.1, -0.05) is 30.3 Å². The highest BCUT2D eigenvalue weighted by molar-refractivity contribution is 5.56. The van der Waals surface area contributed by atoms with Gasteiger partial charge >= 0.3 is 6.16 Å². The average molecular weight is 328 g/mol. The summed E-state index contributed by atoms with van der Waals surface area (Å²) in [6.07, 6.45) is -1.30. The molecule has 1 aromatic rings. The quantitative estimate of drug-likeness (QED) is 0.413. The topological polar surface area (TPSA) is 83.5 Å². The molecule has 23 heavy (non-hydrogen) atoms. The Morgan fingerprint density at radius 3 is 1.74 bits per heavy atom. The molecule has 0 aliphatic heterocycles. The van der Waals surface area contributed by atoms with Crippen LogP contribution in [0.25, 0.3) is 0 Å². The first kappa shape index (κ1) is 19.4. The van der Waals surface area contributed by atoms with E-state index in [1.807, 2.05) is 30.3 Å². The summed E-state index contributed by atoms with van der Waals surface area (Å²) in [6, 6.07) is 9.97. The molecule has 1 aromatic carbocycles. The Hall–Kier alpha value is -1.67. The summed E-state index contributed by atoms with van der Waals surface area (Å²) in [5.74, 6) is 0. The highest BCUT2D eigenvalue weighted by Crippen LogP contribution is 1.99. The Labute approximate surface area is 136 Å². The van der Waals surface area contributed by atoms with Gasteiger partial charge in [0.2, 0.25) is 0 Å². The third-order valence-corrected chi connectivity index (χ3v) is 2.68. The second-order valence-electron chi connectivity index (χ2n) is 4.49. The summed E-state index contributed by atoms with van der Waals surface area (Å²) in [5, 5.41) is 8.22. The van der Waals surface area contributed by atoms with E-state index in [0.29, 0.717) is 46.2 Å². The minimum absolute atomic E-state index is 0.0292. The summed E-state index contributed by atoms with van der Waals surface area (Å²) in [4.78, 5) is 10.0. The molecular formula is C16H24O7. The minimum atomic E-state index is -1.30. The SMILES string of the molecule is O=C(O)OCCOCCOCCOCCOCc1ccccc1. The number of rotatable bonds is 14. The Bertz CT molecular complexity index is 397.